The second-order valence-corrected chi connectivity index (χ2v) is 5.07. The van der Waals surface area contributed by atoms with E-state index >= 15 is 0 Å². The third-order valence-electron chi connectivity index (χ3n) is 3.04. The zero-order valence-corrected chi connectivity index (χ0v) is 11.4. The van der Waals surface area contributed by atoms with Gasteiger partial charge in [-0.05, 0) is 13.0 Å². The summed E-state index contributed by atoms with van der Waals surface area (Å²) in [5, 5.41) is 6.61. The molecule has 1 atom stereocenters. The molecular weight excluding hydrogens is 234 g/mol. The highest BCUT2D eigenvalue weighted by Crippen LogP contribution is 2.25. The van der Waals surface area contributed by atoms with Gasteiger partial charge in [0.2, 0.25) is 0 Å². The summed E-state index contributed by atoms with van der Waals surface area (Å²) in [6.45, 7) is 8.79. The summed E-state index contributed by atoms with van der Waals surface area (Å²) in [5.74, 6) is 0. The SMILES string of the molecule is CCNCc1csc(N2CCOCC2CC)n1. The molecule has 2 rings (SSSR count). The fourth-order valence-electron chi connectivity index (χ4n) is 2.01. The Hall–Kier alpha value is -0.650. The van der Waals surface area contributed by atoms with Crippen LogP contribution in [-0.4, -0.2) is 37.3 Å². The normalized spacial score (nSPS) is 20.8. The van der Waals surface area contributed by atoms with Crippen LogP contribution < -0.4 is 10.2 Å². The van der Waals surface area contributed by atoms with Gasteiger partial charge in [0, 0.05) is 18.5 Å². The zero-order chi connectivity index (χ0) is 12.1. The maximum atomic E-state index is 5.52. The molecule has 1 unspecified atom stereocenters. The molecule has 0 saturated carbocycles. The molecule has 0 aromatic carbocycles. The van der Waals surface area contributed by atoms with Crippen molar-refractivity contribution in [1.82, 2.24) is 10.3 Å². The molecule has 1 N–H and O–H groups in total. The van der Waals surface area contributed by atoms with Gasteiger partial charge in [-0.3, -0.25) is 0 Å². The van der Waals surface area contributed by atoms with Crippen molar-refractivity contribution in [3.63, 3.8) is 0 Å². The van der Waals surface area contributed by atoms with Gasteiger partial charge in [-0.25, -0.2) is 4.98 Å². The molecule has 0 amide bonds. The van der Waals surface area contributed by atoms with Crippen molar-refractivity contribution in [3.05, 3.63) is 11.1 Å². The maximum Gasteiger partial charge on any atom is 0.185 e. The topological polar surface area (TPSA) is 37.4 Å². The van der Waals surface area contributed by atoms with Gasteiger partial charge in [0.1, 0.15) is 0 Å². The largest absolute Gasteiger partial charge is 0.377 e. The summed E-state index contributed by atoms with van der Waals surface area (Å²) >= 11 is 1.74. The molecule has 2 heterocycles. The van der Waals surface area contributed by atoms with Gasteiger partial charge in [-0.15, -0.1) is 11.3 Å². The molecule has 5 heteroatoms. The lowest BCUT2D eigenvalue weighted by Gasteiger charge is -2.34. The van der Waals surface area contributed by atoms with Gasteiger partial charge in [-0.2, -0.15) is 0 Å². The molecule has 1 aromatic heterocycles. The molecule has 4 nitrogen and oxygen atoms in total. The quantitative estimate of drug-likeness (QED) is 0.871. The Morgan fingerprint density at radius 3 is 3.24 bits per heavy atom. The standard InChI is InChI=1S/C12H21N3OS/c1-3-11-8-16-6-5-15(11)12-14-10(9-17-12)7-13-4-2/h9,11,13H,3-8H2,1-2H3. The number of morpholine rings is 1. The van der Waals surface area contributed by atoms with Crippen LogP contribution in [0.25, 0.3) is 0 Å². The van der Waals surface area contributed by atoms with E-state index in [9.17, 15) is 0 Å². The Morgan fingerprint density at radius 1 is 1.59 bits per heavy atom. The predicted molar refractivity (Wildman–Crippen MR) is 71.7 cm³/mol. The number of thiazole rings is 1. The van der Waals surface area contributed by atoms with E-state index in [4.69, 9.17) is 9.72 Å². The number of aromatic nitrogens is 1. The van der Waals surface area contributed by atoms with Crippen LogP contribution in [0.5, 0.6) is 0 Å². The summed E-state index contributed by atoms with van der Waals surface area (Å²) in [6, 6.07) is 0.488. The van der Waals surface area contributed by atoms with E-state index in [2.05, 4.69) is 29.4 Å². The molecule has 1 saturated heterocycles. The first-order chi connectivity index (χ1) is 8.35. The zero-order valence-electron chi connectivity index (χ0n) is 10.6. The molecule has 1 fully saturated rings. The summed E-state index contributed by atoms with van der Waals surface area (Å²) in [5.41, 5.74) is 1.15. The van der Waals surface area contributed by atoms with Crippen molar-refractivity contribution in [1.29, 1.82) is 0 Å². The van der Waals surface area contributed by atoms with Gasteiger partial charge in [0.25, 0.3) is 0 Å². The number of nitrogens with one attached hydrogen (secondary N) is 1. The van der Waals surface area contributed by atoms with Crippen LogP contribution in [0.3, 0.4) is 0 Å². The molecule has 1 aromatic rings. The number of hydrogen-bond donors (Lipinski definition) is 1. The number of nitrogens with zero attached hydrogens (tertiary/aromatic N) is 2. The van der Waals surface area contributed by atoms with E-state index in [-0.39, 0.29) is 0 Å². The average Bonchev–Trinajstić information content (AvgIpc) is 2.85. The minimum absolute atomic E-state index is 0.488. The van der Waals surface area contributed by atoms with Crippen molar-refractivity contribution >= 4 is 16.5 Å². The van der Waals surface area contributed by atoms with Crippen molar-refractivity contribution in [2.75, 3.05) is 31.2 Å². The molecule has 17 heavy (non-hydrogen) atoms. The highest BCUT2D eigenvalue weighted by Gasteiger charge is 2.23. The summed E-state index contributed by atoms with van der Waals surface area (Å²) in [7, 11) is 0. The van der Waals surface area contributed by atoms with Crippen LogP contribution in [0.1, 0.15) is 26.0 Å². The van der Waals surface area contributed by atoms with Crippen LogP contribution in [0.15, 0.2) is 5.38 Å². The minimum Gasteiger partial charge on any atom is -0.377 e. The number of rotatable bonds is 5. The first kappa shape index (κ1) is 12.8. The minimum atomic E-state index is 0.488. The second-order valence-electron chi connectivity index (χ2n) is 4.23. The Morgan fingerprint density at radius 2 is 2.47 bits per heavy atom. The summed E-state index contributed by atoms with van der Waals surface area (Å²) in [6.07, 6.45) is 1.11. The van der Waals surface area contributed by atoms with Crippen LogP contribution in [0.2, 0.25) is 0 Å². The Kier molecular flexibility index (Phi) is 4.76. The smallest absolute Gasteiger partial charge is 0.185 e. The Bertz CT molecular complexity index is 342. The van der Waals surface area contributed by atoms with E-state index in [0.717, 1.165) is 50.1 Å². The monoisotopic (exact) mass is 255 g/mol. The number of hydrogen-bond acceptors (Lipinski definition) is 5. The first-order valence-corrected chi connectivity index (χ1v) is 7.22. The van der Waals surface area contributed by atoms with E-state index in [1.165, 1.54) is 0 Å². The lowest BCUT2D eigenvalue weighted by molar-refractivity contribution is 0.0929. The Balaban J connectivity index is 2.02. The van der Waals surface area contributed by atoms with Crippen LogP contribution in [0, 0.1) is 0 Å². The molecular formula is C12H21N3OS. The molecule has 0 aliphatic carbocycles. The fourth-order valence-corrected chi connectivity index (χ4v) is 2.93. The van der Waals surface area contributed by atoms with Crippen molar-refractivity contribution < 1.29 is 4.74 Å². The van der Waals surface area contributed by atoms with E-state index < -0.39 is 0 Å². The van der Waals surface area contributed by atoms with Gasteiger partial charge in [0.15, 0.2) is 5.13 Å². The predicted octanol–water partition coefficient (Wildman–Crippen LogP) is 1.87. The average molecular weight is 255 g/mol. The lowest BCUT2D eigenvalue weighted by atomic mass is 10.2. The van der Waals surface area contributed by atoms with Crippen molar-refractivity contribution in [2.45, 2.75) is 32.9 Å². The molecule has 0 spiro atoms. The first-order valence-electron chi connectivity index (χ1n) is 6.34. The second kappa shape index (κ2) is 6.33. The lowest BCUT2D eigenvalue weighted by Crippen LogP contribution is -2.45. The van der Waals surface area contributed by atoms with Gasteiger partial charge in [0.05, 0.1) is 24.9 Å². The highest BCUT2D eigenvalue weighted by atomic mass is 32.1. The molecule has 0 radical (unpaired) electrons. The van der Waals surface area contributed by atoms with Gasteiger partial charge in [-0.1, -0.05) is 13.8 Å². The van der Waals surface area contributed by atoms with E-state index in [1.54, 1.807) is 11.3 Å². The summed E-state index contributed by atoms with van der Waals surface area (Å²) < 4.78 is 5.52. The fraction of sp³-hybridized carbons (Fsp3) is 0.750. The number of ether oxygens (including phenoxy) is 1. The van der Waals surface area contributed by atoms with Gasteiger partial charge < -0.3 is 15.0 Å². The van der Waals surface area contributed by atoms with Crippen LogP contribution >= 0.6 is 11.3 Å². The maximum absolute atomic E-state index is 5.52. The molecule has 0 bridgehead atoms. The van der Waals surface area contributed by atoms with E-state index in [0.29, 0.717) is 6.04 Å². The third-order valence-corrected chi connectivity index (χ3v) is 3.97. The molecule has 1 aliphatic rings. The Labute approximate surface area is 107 Å². The van der Waals surface area contributed by atoms with Crippen LogP contribution in [0.4, 0.5) is 5.13 Å². The summed E-state index contributed by atoms with van der Waals surface area (Å²) in [4.78, 5) is 7.09. The molecule has 1 aliphatic heterocycles. The van der Waals surface area contributed by atoms with Crippen molar-refractivity contribution in [2.24, 2.45) is 0 Å². The van der Waals surface area contributed by atoms with Crippen LogP contribution in [-0.2, 0) is 11.3 Å². The third kappa shape index (κ3) is 3.18. The number of anilines is 1. The van der Waals surface area contributed by atoms with E-state index in [1.807, 2.05) is 0 Å². The van der Waals surface area contributed by atoms with Gasteiger partial charge >= 0.3 is 0 Å². The van der Waals surface area contributed by atoms with Crippen molar-refractivity contribution in [3.8, 4) is 0 Å². The molecule has 96 valence electrons. The highest BCUT2D eigenvalue weighted by molar-refractivity contribution is 7.13.